The summed E-state index contributed by atoms with van der Waals surface area (Å²) in [5.41, 5.74) is 5.64. The van der Waals surface area contributed by atoms with Gasteiger partial charge in [0.25, 0.3) is 5.91 Å². The number of rotatable bonds is 8. The maximum atomic E-state index is 11.9. The second-order valence-corrected chi connectivity index (χ2v) is 5.95. The zero-order valence-corrected chi connectivity index (χ0v) is 15.7. The van der Waals surface area contributed by atoms with Gasteiger partial charge in [-0.15, -0.1) is 0 Å². The number of para-hydroxylation sites is 2. The molecule has 0 aliphatic heterocycles. The Bertz CT molecular complexity index is 922. The first kappa shape index (κ1) is 19.2. The largest absolute Gasteiger partial charge is 0.490 e. The summed E-state index contributed by atoms with van der Waals surface area (Å²) in [5.74, 6) is 0.795. The van der Waals surface area contributed by atoms with Crippen LogP contribution in [0.1, 0.15) is 12.5 Å². The van der Waals surface area contributed by atoms with E-state index in [4.69, 9.17) is 9.47 Å². The minimum absolute atomic E-state index is 0.144. The lowest BCUT2D eigenvalue weighted by Crippen LogP contribution is -2.24. The average molecular weight is 374 g/mol. The Balaban J connectivity index is 1.50. The molecule has 0 atom stereocenters. The predicted molar refractivity (Wildman–Crippen MR) is 111 cm³/mol. The molecule has 1 N–H and O–H groups in total. The zero-order chi connectivity index (χ0) is 19.6. The van der Waals surface area contributed by atoms with Crippen molar-refractivity contribution < 1.29 is 14.3 Å². The number of ether oxygens (including phenoxy) is 2. The molecule has 0 saturated heterocycles. The number of carbonyl (C=O) groups excluding carboxylic acids is 1. The molecule has 0 aliphatic carbocycles. The van der Waals surface area contributed by atoms with Gasteiger partial charge >= 0.3 is 0 Å². The molecule has 3 aromatic carbocycles. The van der Waals surface area contributed by atoms with Gasteiger partial charge in [-0.05, 0) is 35.7 Å². The summed E-state index contributed by atoms with van der Waals surface area (Å²) in [6.07, 6.45) is 1.60. The van der Waals surface area contributed by atoms with Crippen LogP contribution in [-0.4, -0.2) is 25.3 Å². The summed E-state index contributed by atoms with van der Waals surface area (Å²) < 4.78 is 11.0. The summed E-state index contributed by atoms with van der Waals surface area (Å²) in [7, 11) is 0. The van der Waals surface area contributed by atoms with Crippen LogP contribution in [-0.2, 0) is 4.79 Å². The Morgan fingerprint density at radius 3 is 2.14 bits per heavy atom. The molecule has 28 heavy (non-hydrogen) atoms. The second-order valence-electron chi connectivity index (χ2n) is 5.95. The molecule has 0 aliphatic rings. The lowest BCUT2D eigenvalue weighted by molar-refractivity contribution is -0.123. The van der Waals surface area contributed by atoms with E-state index >= 15 is 0 Å². The minimum atomic E-state index is -0.344. The Morgan fingerprint density at radius 1 is 0.857 bits per heavy atom. The normalized spacial score (nSPS) is 10.6. The quantitative estimate of drug-likeness (QED) is 0.473. The van der Waals surface area contributed by atoms with Crippen LogP contribution in [0.15, 0.2) is 84.0 Å². The van der Waals surface area contributed by atoms with Gasteiger partial charge in [0.05, 0.1) is 12.8 Å². The molecule has 0 aromatic heterocycles. The maximum absolute atomic E-state index is 11.9. The molecule has 142 valence electrons. The fourth-order valence-electron chi connectivity index (χ4n) is 2.59. The van der Waals surface area contributed by atoms with Crippen molar-refractivity contribution in [3.8, 4) is 22.6 Å². The topological polar surface area (TPSA) is 59.9 Å². The summed E-state index contributed by atoms with van der Waals surface area (Å²) in [4.78, 5) is 11.9. The van der Waals surface area contributed by atoms with Gasteiger partial charge in [-0.2, -0.15) is 5.10 Å². The third-order valence-electron chi connectivity index (χ3n) is 3.93. The molecule has 0 heterocycles. The third-order valence-corrected chi connectivity index (χ3v) is 3.93. The monoisotopic (exact) mass is 374 g/mol. The number of carbonyl (C=O) groups is 1. The molecule has 1 amide bonds. The summed E-state index contributed by atoms with van der Waals surface area (Å²) >= 11 is 0. The Morgan fingerprint density at radius 2 is 1.46 bits per heavy atom. The molecular formula is C23H22N2O3. The van der Waals surface area contributed by atoms with Crippen LogP contribution in [0.25, 0.3) is 11.1 Å². The number of amides is 1. The summed E-state index contributed by atoms with van der Waals surface area (Å²) in [5, 5.41) is 3.98. The molecule has 0 radical (unpaired) electrons. The molecule has 0 bridgehead atoms. The van der Waals surface area contributed by atoms with Gasteiger partial charge in [0.15, 0.2) is 18.1 Å². The molecule has 0 spiro atoms. The average Bonchev–Trinajstić information content (AvgIpc) is 2.74. The molecule has 3 aromatic rings. The van der Waals surface area contributed by atoms with Crippen molar-refractivity contribution >= 4 is 12.1 Å². The van der Waals surface area contributed by atoms with E-state index in [1.54, 1.807) is 18.3 Å². The van der Waals surface area contributed by atoms with Crippen molar-refractivity contribution in [2.24, 2.45) is 5.10 Å². The first-order valence-corrected chi connectivity index (χ1v) is 9.08. The lowest BCUT2D eigenvalue weighted by Gasteiger charge is -2.10. The molecule has 3 rings (SSSR count). The zero-order valence-electron chi connectivity index (χ0n) is 15.7. The first-order chi connectivity index (χ1) is 13.8. The van der Waals surface area contributed by atoms with Gasteiger partial charge in [0.2, 0.25) is 0 Å². The van der Waals surface area contributed by atoms with Gasteiger partial charge in [0, 0.05) is 0 Å². The minimum Gasteiger partial charge on any atom is -0.490 e. The highest BCUT2D eigenvalue weighted by atomic mass is 16.5. The SMILES string of the molecule is CCOc1ccccc1OCC(=O)NN=Cc1ccc(-c2ccccc2)cc1. The second kappa shape index (κ2) is 9.92. The van der Waals surface area contributed by atoms with Crippen LogP contribution >= 0.6 is 0 Å². The predicted octanol–water partition coefficient (Wildman–Crippen LogP) is 4.28. The summed E-state index contributed by atoms with van der Waals surface area (Å²) in [6, 6.07) is 25.3. The van der Waals surface area contributed by atoms with Crippen LogP contribution in [0.4, 0.5) is 0 Å². The number of nitrogens with zero attached hydrogens (tertiary/aromatic N) is 1. The van der Waals surface area contributed by atoms with Crippen LogP contribution in [0.2, 0.25) is 0 Å². The van der Waals surface area contributed by atoms with E-state index in [1.807, 2.05) is 61.5 Å². The molecule has 5 nitrogen and oxygen atoms in total. The highest BCUT2D eigenvalue weighted by Gasteiger charge is 2.06. The van der Waals surface area contributed by atoms with Gasteiger partial charge < -0.3 is 9.47 Å². The standard InChI is InChI=1S/C23H22N2O3/c1-2-27-21-10-6-7-11-22(21)28-17-23(26)25-24-16-18-12-14-20(15-13-18)19-8-4-3-5-9-19/h3-16H,2,17H2,1H3,(H,25,26). The molecule has 0 unspecified atom stereocenters. The van der Waals surface area contributed by atoms with Crippen molar-refractivity contribution in [3.63, 3.8) is 0 Å². The van der Waals surface area contributed by atoms with E-state index in [1.165, 1.54) is 0 Å². The number of benzene rings is 3. The van der Waals surface area contributed by atoms with E-state index in [0.29, 0.717) is 18.1 Å². The smallest absolute Gasteiger partial charge is 0.277 e. The highest BCUT2D eigenvalue weighted by molar-refractivity contribution is 5.83. The number of nitrogens with one attached hydrogen (secondary N) is 1. The van der Waals surface area contributed by atoms with E-state index in [-0.39, 0.29) is 12.5 Å². The number of hydrogen-bond acceptors (Lipinski definition) is 4. The van der Waals surface area contributed by atoms with Crippen LogP contribution in [0, 0.1) is 0 Å². The summed E-state index contributed by atoms with van der Waals surface area (Å²) in [6.45, 7) is 2.28. The van der Waals surface area contributed by atoms with Crippen molar-refractivity contribution in [3.05, 3.63) is 84.4 Å². The van der Waals surface area contributed by atoms with E-state index in [0.717, 1.165) is 16.7 Å². The highest BCUT2D eigenvalue weighted by Crippen LogP contribution is 2.26. The van der Waals surface area contributed by atoms with Gasteiger partial charge in [-0.25, -0.2) is 5.43 Å². The van der Waals surface area contributed by atoms with Crippen molar-refractivity contribution in [2.45, 2.75) is 6.92 Å². The first-order valence-electron chi connectivity index (χ1n) is 9.08. The van der Waals surface area contributed by atoms with E-state index in [9.17, 15) is 4.79 Å². The molecule has 0 saturated carbocycles. The van der Waals surface area contributed by atoms with Crippen LogP contribution in [0.5, 0.6) is 11.5 Å². The Hall–Kier alpha value is -3.60. The van der Waals surface area contributed by atoms with Crippen LogP contribution < -0.4 is 14.9 Å². The fourth-order valence-corrected chi connectivity index (χ4v) is 2.59. The van der Waals surface area contributed by atoms with Gasteiger partial charge in [-0.3, -0.25) is 4.79 Å². The number of hydrogen-bond donors (Lipinski definition) is 1. The molecule has 0 fully saturated rings. The van der Waals surface area contributed by atoms with E-state index < -0.39 is 0 Å². The van der Waals surface area contributed by atoms with E-state index in [2.05, 4.69) is 22.7 Å². The van der Waals surface area contributed by atoms with Crippen LogP contribution in [0.3, 0.4) is 0 Å². The maximum Gasteiger partial charge on any atom is 0.277 e. The fraction of sp³-hybridized carbons (Fsp3) is 0.130. The van der Waals surface area contributed by atoms with Gasteiger partial charge in [-0.1, -0.05) is 66.7 Å². The van der Waals surface area contributed by atoms with Crippen molar-refractivity contribution in [1.29, 1.82) is 0 Å². The van der Waals surface area contributed by atoms with Crippen molar-refractivity contribution in [2.75, 3.05) is 13.2 Å². The molecular weight excluding hydrogens is 352 g/mol. The van der Waals surface area contributed by atoms with Crippen molar-refractivity contribution in [1.82, 2.24) is 5.43 Å². The van der Waals surface area contributed by atoms with Gasteiger partial charge in [0.1, 0.15) is 0 Å². The molecule has 5 heteroatoms. The Kier molecular flexibility index (Phi) is 6.79. The Labute approximate surface area is 164 Å². The number of hydrazone groups is 1. The lowest BCUT2D eigenvalue weighted by atomic mass is 10.0. The third kappa shape index (κ3) is 5.45.